The number of hydrogen-bond donors (Lipinski definition) is 1. The lowest BCUT2D eigenvalue weighted by atomic mass is 9.85. The fourth-order valence-electron chi connectivity index (χ4n) is 5.16. The number of halogens is 1. The maximum atomic E-state index is 13.8. The molecule has 1 saturated heterocycles. The molecule has 3 atom stereocenters. The van der Waals surface area contributed by atoms with Crippen LogP contribution in [0.2, 0.25) is 0 Å². The number of imide groups is 1. The molecular formula is C30H34BrN3O4. The van der Waals surface area contributed by atoms with Crippen molar-refractivity contribution in [2.24, 2.45) is 11.8 Å². The molecule has 4 amide bonds. The summed E-state index contributed by atoms with van der Waals surface area (Å²) in [5.74, 6) is -1.57. The molecule has 1 fully saturated rings. The van der Waals surface area contributed by atoms with Gasteiger partial charge in [0.1, 0.15) is 6.04 Å². The van der Waals surface area contributed by atoms with E-state index in [1.165, 1.54) is 4.90 Å². The minimum absolute atomic E-state index is 0.0181. The van der Waals surface area contributed by atoms with Crippen molar-refractivity contribution in [3.63, 3.8) is 0 Å². The van der Waals surface area contributed by atoms with Crippen molar-refractivity contribution >= 4 is 39.6 Å². The van der Waals surface area contributed by atoms with Crippen molar-refractivity contribution < 1.29 is 19.2 Å². The van der Waals surface area contributed by atoms with Gasteiger partial charge in [-0.15, -0.1) is 0 Å². The van der Waals surface area contributed by atoms with Crippen LogP contribution in [0.4, 0.5) is 0 Å². The van der Waals surface area contributed by atoms with Crippen molar-refractivity contribution in [2.45, 2.75) is 58.2 Å². The van der Waals surface area contributed by atoms with Crippen molar-refractivity contribution in [3.8, 4) is 0 Å². The number of rotatable bonds is 10. The lowest BCUT2D eigenvalue weighted by molar-refractivity contribution is -0.144. The van der Waals surface area contributed by atoms with Crippen LogP contribution in [0, 0.1) is 11.8 Å². The Hall–Kier alpha value is -3.26. The molecule has 200 valence electrons. The van der Waals surface area contributed by atoms with Gasteiger partial charge < -0.3 is 10.2 Å². The van der Waals surface area contributed by atoms with Crippen LogP contribution in [0.25, 0.3) is 0 Å². The molecule has 1 N–H and O–H groups in total. The smallest absolute Gasteiger partial charge is 0.243 e. The summed E-state index contributed by atoms with van der Waals surface area (Å²) in [6.07, 6.45) is 5.32. The maximum absolute atomic E-state index is 13.8. The van der Waals surface area contributed by atoms with Crippen LogP contribution in [0.5, 0.6) is 0 Å². The summed E-state index contributed by atoms with van der Waals surface area (Å²) >= 11 is 3.45. The van der Waals surface area contributed by atoms with E-state index in [9.17, 15) is 19.2 Å². The lowest BCUT2D eigenvalue weighted by Crippen LogP contribution is -2.52. The first-order chi connectivity index (χ1) is 18.2. The Kier molecular flexibility index (Phi) is 9.15. The van der Waals surface area contributed by atoms with Crippen LogP contribution >= 0.6 is 15.9 Å². The fraction of sp³-hybridized carbons (Fsp3) is 0.400. The third kappa shape index (κ3) is 6.59. The summed E-state index contributed by atoms with van der Waals surface area (Å²) in [5, 5.41) is 2.97. The number of allylic oxidation sites excluding steroid dienone is 2. The van der Waals surface area contributed by atoms with Crippen molar-refractivity contribution in [1.82, 2.24) is 15.1 Å². The molecule has 4 rings (SSSR count). The third-order valence-electron chi connectivity index (χ3n) is 7.12. The van der Waals surface area contributed by atoms with E-state index in [4.69, 9.17) is 0 Å². The Labute approximate surface area is 232 Å². The number of benzene rings is 2. The van der Waals surface area contributed by atoms with Crippen molar-refractivity contribution in [3.05, 3.63) is 82.3 Å². The van der Waals surface area contributed by atoms with Gasteiger partial charge in [-0.3, -0.25) is 24.1 Å². The first-order valence-corrected chi connectivity index (χ1v) is 13.9. The quantitative estimate of drug-likeness (QED) is 0.336. The molecule has 0 saturated carbocycles. The predicted octanol–water partition coefficient (Wildman–Crippen LogP) is 4.25. The van der Waals surface area contributed by atoms with Gasteiger partial charge in [-0.05, 0) is 49.9 Å². The lowest BCUT2D eigenvalue weighted by Gasteiger charge is -2.32. The summed E-state index contributed by atoms with van der Waals surface area (Å²) in [5.41, 5.74) is 1.81. The largest absolute Gasteiger partial charge is 0.352 e. The van der Waals surface area contributed by atoms with Gasteiger partial charge in [0, 0.05) is 36.4 Å². The average molecular weight is 581 g/mol. The second-order valence-corrected chi connectivity index (χ2v) is 11.2. The number of nitrogens with one attached hydrogen (secondary N) is 1. The Bertz CT molecular complexity index is 1170. The van der Waals surface area contributed by atoms with Gasteiger partial charge in [0.2, 0.25) is 23.6 Å². The Morgan fingerprint density at radius 3 is 2.13 bits per heavy atom. The number of carbonyl (C=O) groups excluding carboxylic acids is 4. The number of likely N-dealkylation sites (tertiary alicyclic amines) is 1. The van der Waals surface area contributed by atoms with Gasteiger partial charge in [-0.1, -0.05) is 70.5 Å². The van der Waals surface area contributed by atoms with Crippen LogP contribution in [0.1, 0.15) is 44.2 Å². The van der Waals surface area contributed by atoms with Crippen molar-refractivity contribution in [1.29, 1.82) is 0 Å². The zero-order valence-electron chi connectivity index (χ0n) is 21.8. The maximum Gasteiger partial charge on any atom is 0.243 e. The van der Waals surface area contributed by atoms with Gasteiger partial charge in [0.15, 0.2) is 0 Å². The van der Waals surface area contributed by atoms with Crippen molar-refractivity contribution in [2.75, 3.05) is 6.54 Å². The summed E-state index contributed by atoms with van der Waals surface area (Å²) in [7, 11) is 0. The monoisotopic (exact) mass is 579 g/mol. The highest BCUT2D eigenvalue weighted by Crippen LogP contribution is 2.35. The van der Waals surface area contributed by atoms with E-state index in [2.05, 4.69) is 21.2 Å². The molecule has 0 spiro atoms. The Morgan fingerprint density at radius 1 is 0.947 bits per heavy atom. The normalized spacial score (nSPS) is 19.4. The molecular weight excluding hydrogens is 546 g/mol. The van der Waals surface area contributed by atoms with Gasteiger partial charge in [0.25, 0.3) is 0 Å². The molecule has 7 nitrogen and oxygen atoms in total. The number of nitrogens with zero attached hydrogens (tertiary/aromatic N) is 2. The second kappa shape index (κ2) is 12.5. The summed E-state index contributed by atoms with van der Waals surface area (Å²) in [6, 6.07) is 16.4. The van der Waals surface area contributed by atoms with Gasteiger partial charge in [-0.25, -0.2) is 0 Å². The SMILES string of the molecule is CC(C)NC(=O)[C@@H](Cc1ccccc1)N(Cc1ccc(Br)cc1)C(=O)CCN1C(=O)[C@H]2CC=CC[C@H]2C1=O. The molecule has 2 aromatic rings. The topological polar surface area (TPSA) is 86.8 Å². The average Bonchev–Trinajstić information content (AvgIpc) is 3.15. The van der Waals surface area contributed by atoms with Gasteiger partial charge in [0.05, 0.1) is 11.8 Å². The summed E-state index contributed by atoms with van der Waals surface area (Å²) in [4.78, 5) is 56.0. The van der Waals surface area contributed by atoms with Crippen LogP contribution in [0.3, 0.4) is 0 Å². The van der Waals surface area contributed by atoms with E-state index in [0.717, 1.165) is 15.6 Å². The number of fused-ring (bicyclic) bond motifs is 1. The van der Waals surface area contributed by atoms with Crippen LogP contribution in [0.15, 0.2) is 71.2 Å². The second-order valence-electron chi connectivity index (χ2n) is 10.3. The minimum atomic E-state index is -0.757. The molecule has 1 aliphatic carbocycles. The van der Waals surface area contributed by atoms with E-state index >= 15 is 0 Å². The molecule has 2 aromatic carbocycles. The van der Waals surface area contributed by atoms with Gasteiger partial charge in [-0.2, -0.15) is 0 Å². The van der Waals surface area contributed by atoms with E-state index in [1.54, 1.807) is 4.90 Å². The van der Waals surface area contributed by atoms with E-state index in [-0.39, 0.29) is 61.0 Å². The summed E-state index contributed by atoms with van der Waals surface area (Å²) < 4.78 is 0.916. The molecule has 1 aliphatic heterocycles. The van der Waals surface area contributed by atoms with E-state index in [0.29, 0.717) is 19.3 Å². The van der Waals surface area contributed by atoms with E-state index in [1.807, 2.05) is 80.6 Å². The molecule has 1 heterocycles. The molecule has 0 aromatic heterocycles. The van der Waals surface area contributed by atoms with E-state index < -0.39 is 6.04 Å². The van der Waals surface area contributed by atoms with Crippen LogP contribution in [-0.2, 0) is 32.1 Å². The third-order valence-corrected chi connectivity index (χ3v) is 7.65. The molecule has 0 unspecified atom stereocenters. The zero-order chi connectivity index (χ0) is 27.2. The molecule has 2 aliphatic rings. The Balaban J connectivity index is 1.58. The fourth-order valence-corrected chi connectivity index (χ4v) is 5.43. The predicted molar refractivity (Wildman–Crippen MR) is 149 cm³/mol. The standard InChI is InChI=1S/C30H34BrN3O4/c1-20(2)32-28(36)26(18-21-8-4-3-5-9-21)34(19-22-12-14-23(31)15-13-22)27(35)16-17-33-29(37)24-10-6-7-11-25(24)30(33)38/h3-9,12-15,20,24-26H,10-11,16-19H2,1-2H3,(H,32,36)/t24-,25+,26-/m1/s1. The van der Waals surface area contributed by atoms with Gasteiger partial charge >= 0.3 is 0 Å². The minimum Gasteiger partial charge on any atom is -0.352 e. The number of carbonyl (C=O) groups is 4. The van der Waals surface area contributed by atoms with Crippen LogP contribution < -0.4 is 5.32 Å². The first-order valence-electron chi connectivity index (χ1n) is 13.1. The molecule has 8 heteroatoms. The number of hydrogen-bond acceptors (Lipinski definition) is 4. The molecule has 0 bridgehead atoms. The molecule has 0 radical (unpaired) electrons. The highest BCUT2D eigenvalue weighted by atomic mass is 79.9. The first kappa shape index (κ1) is 27.8. The highest BCUT2D eigenvalue weighted by molar-refractivity contribution is 9.10. The molecule has 38 heavy (non-hydrogen) atoms. The number of amides is 4. The Morgan fingerprint density at radius 2 is 1.55 bits per heavy atom. The highest BCUT2D eigenvalue weighted by Gasteiger charge is 2.47. The summed E-state index contributed by atoms with van der Waals surface area (Å²) in [6.45, 7) is 4.02. The zero-order valence-corrected chi connectivity index (χ0v) is 23.4. The van der Waals surface area contributed by atoms with Crippen LogP contribution in [-0.4, -0.2) is 52.1 Å².